The van der Waals surface area contributed by atoms with Gasteiger partial charge in [-0.3, -0.25) is 14.9 Å². The number of benzene rings is 2. The zero-order chi connectivity index (χ0) is 25.1. The Hall–Kier alpha value is -4.57. The molecule has 0 aliphatic heterocycles. The second-order valence-electron chi connectivity index (χ2n) is 7.97. The van der Waals surface area contributed by atoms with Gasteiger partial charge in [0.2, 0.25) is 17.7 Å². The molecule has 0 fully saturated rings. The van der Waals surface area contributed by atoms with Crippen LogP contribution < -0.4 is 10.6 Å². The van der Waals surface area contributed by atoms with Gasteiger partial charge in [0.15, 0.2) is 10.9 Å². The van der Waals surface area contributed by atoms with E-state index in [0.717, 1.165) is 11.1 Å². The zero-order valence-corrected chi connectivity index (χ0v) is 20.3. The highest BCUT2D eigenvalue weighted by molar-refractivity contribution is 7.14. The molecule has 3 aromatic heterocycles. The quantitative estimate of drug-likeness (QED) is 0.311. The van der Waals surface area contributed by atoms with Crippen molar-refractivity contribution in [1.29, 1.82) is 0 Å². The molecule has 3 heterocycles. The van der Waals surface area contributed by atoms with E-state index in [1.165, 1.54) is 18.3 Å². The van der Waals surface area contributed by atoms with Gasteiger partial charge in [0.1, 0.15) is 11.5 Å². The molecule has 0 unspecified atom stereocenters. The fourth-order valence-corrected chi connectivity index (χ4v) is 4.16. The van der Waals surface area contributed by atoms with Crippen molar-refractivity contribution in [3.05, 3.63) is 82.9 Å². The summed E-state index contributed by atoms with van der Waals surface area (Å²) < 4.78 is 11.6. The number of aryl methyl sites for hydroxylation is 1. The molecule has 180 valence electrons. The lowest BCUT2D eigenvalue weighted by molar-refractivity contribution is -0.119. The lowest BCUT2D eigenvalue weighted by atomic mass is 10.1. The molecular formula is C26H21N5O4S. The van der Waals surface area contributed by atoms with Crippen molar-refractivity contribution >= 4 is 28.3 Å². The standard InChI is InChI=1S/C26H21N5O4S/c1-15-5-3-4-6-20(15)25-31-30-24(35-25)18-9-7-17(8-10-18)23(33)29-26-28-21(14-36-26)22-12-11-19(34-22)13-27-16(2)32/h3-12,14H,13H2,1-2H3,(H,27,32)(H,28,29,33). The number of rotatable bonds is 7. The summed E-state index contributed by atoms with van der Waals surface area (Å²) in [4.78, 5) is 28.2. The van der Waals surface area contributed by atoms with Crippen LogP contribution in [-0.4, -0.2) is 27.0 Å². The maximum atomic E-state index is 12.7. The predicted octanol–water partition coefficient (Wildman–Crippen LogP) is 5.32. The van der Waals surface area contributed by atoms with Gasteiger partial charge in [-0.2, -0.15) is 0 Å². The van der Waals surface area contributed by atoms with E-state index in [0.29, 0.717) is 51.8 Å². The summed E-state index contributed by atoms with van der Waals surface area (Å²) in [5, 5.41) is 16.0. The van der Waals surface area contributed by atoms with Crippen LogP contribution in [-0.2, 0) is 11.3 Å². The Labute approximate surface area is 210 Å². The number of hydrogen-bond acceptors (Lipinski definition) is 8. The van der Waals surface area contributed by atoms with Crippen LogP contribution in [0.3, 0.4) is 0 Å². The lowest BCUT2D eigenvalue weighted by Gasteiger charge is -2.02. The molecule has 2 amide bonds. The summed E-state index contributed by atoms with van der Waals surface area (Å²) in [5.74, 6) is 1.57. The molecule has 0 bridgehead atoms. The number of nitrogens with one attached hydrogen (secondary N) is 2. The summed E-state index contributed by atoms with van der Waals surface area (Å²) in [6.45, 7) is 3.73. The van der Waals surface area contributed by atoms with Crippen molar-refractivity contribution in [2.75, 3.05) is 5.32 Å². The Bertz CT molecular complexity index is 1530. The predicted molar refractivity (Wildman–Crippen MR) is 135 cm³/mol. The maximum Gasteiger partial charge on any atom is 0.257 e. The highest BCUT2D eigenvalue weighted by Crippen LogP contribution is 2.28. The number of carbonyl (C=O) groups is 2. The number of hydrogen-bond donors (Lipinski definition) is 2. The third-order valence-corrected chi connectivity index (χ3v) is 6.10. The zero-order valence-electron chi connectivity index (χ0n) is 19.4. The Morgan fingerprint density at radius 3 is 2.50 bits per heavy atom. The summed E-state index contributed by atoms with van der Waals surface area (Å²) in [5.41, 5.74) is 3.70. The number of aromatic nitrogens is 3. The van der Waals surface area contributed by atoms with Crippen molar-refractivity contribution in [2.24, 2.45) is 0 Å². The fraction of sp³-hybridized carbons (Fsp3) is 0.115. The molecule has 0 saturated heterocycles. The minimum Gasteiger partial charge on any atom is -0.458 e. The first-order valence-electron chi connectivity index (χ1n) is 11.1. The summed E-state index contributed by atoms with van der Waals surface area (Å²) in [6.07, 6.45) is 0. The van der Waals surface area contributed by atoms with E-state index in [9.17, 15) is 9.59 Å². The molecule has 0 aliphatic rings. The minimum atomic E-state index is -0.292. The van der Waals surface area contributed by atoms with E-state index in [1.54, 1.807) is 41.8 Å². The minimum absolute atomic E-state index is 0.135. The molecule has 0 saturated carbocycles. The van der Waals surface area contributed by atoms with Gasteiger partial charge >= 0.3 is 0 Å². The first kappa shape index (κ1) is 23.2. The number of nitrogens with zero attached hydrogens (tertiary/aromatic N) is 3. The lowest BCUT2D eigenvalue weighted by Crippen LogP contribution is -2.18. The van der Waals surface area contributed by atoms with Gasteiger partial charge in [0.05, 0.1) is 6.54 Å². The van der Waals surface area contributed by atoms with Gasteiger partial charge in [0, 0.05) is 29.0 Å². The van der Waals surface area contributed by atoms with Crippen LogP contribution in [0, 0.1) is 6.92 Å². The van der Waals surface area contributed by atoms with Crippen molar-refractivity contribution in [3.8, 4) is 34.4 Å². The van der Waals surface area contributed by atoms with Gasteiger partial charge in [-0.25, -0.2) is 4.98 Å². The number of carbonyl (C=O) groups excluding carboxylic acids is 2. The molecule has 0 aliphatic carbocycles. The summed E-state index contributed by atoms with van der Waals surface area (Å²) in [7, 11) is 0. The highest BCUT2D eigenvalue weighted by Gasteiger charge is 2.15. The van der Waals surface area contributed by atoms with Gasteiger partial charge in [-0.15, -0.1) is 21.5 Å². The topological polar surface area (TPSA) is 123 Å². The molecule has 9 nitrogen and oxygen atoms in total. The number of furan rings is 1. The van der Waals surface area contributed by atoms with Crippen LogP contribution in [0.25, 0.3) is 34.4 Å². The van der Waals surface area contributed by atoms with Crippen LogP contribution in [0.2, 0.25) is 0 Å². The van der Waals surface area contributed by atoms with E-state index in [1.807, 2.05) is 31.2 Å². The second kappa shape index (κ2) is 9.96. The first-order chi connectivity index (χ1) is 17.5. The third-order valence-electron chi connectivity index (χ3n) is 5.34. The van der Waals surface area contributed by atoms with E-state index >= 15 is 0 Å². The third kappa shape index (κ3) is 5.08. The smallest absolute Gasteiger partial charge is 0.257 e. The van der Waals surface area contributed by atoms with Crippen molar-refractivity contribution in [3.63, 3.8) is 0 Å². The van der Waals surface area contributed by atoms with E-state index in [2.05, 4.69) is 25.8 Å². The van der Waals surface area contributed by atoms with Crippen LogP contribution in [0.5, 0.6) is 0 Å². The molecule has 10 heteroatoms. The van der Waals surface area contributed by atoms with Crippen LogP contribution >= 0.6 is 11.3 Å². The van der Waals surface area contributed by atoms with Gasteiger partial charge in [-0.05, 0) is 55.0 Å². The Kier molecular flexibility index (Phi) is 6.42. The van der Waals surface area contributed by atoms with Crippen molar-refractivity contribution in [2.45, 2.75) is 20.4 Å². The van der Waals surface area contributed by atoms with E-state index in [-0.39, 0.29) is 11.8 Å². The largest absolute Gasteiger partial charge is 0.458 e. The first-order valence-corrected chi connectivity index (χ1v) is 11.9. The monoisotopic (exact) mass is 499 g/mol. The normalized spacial score (nSPS) is 10.8. The SMILES string of the molecule is CC(=O)NCc1ccc(-c2csc(NC(=O)c3ccc(-c4nnc(-c5ccccc5C)o4)cc3)n2)o1. The maximum absolute atomic E-state index is 12.7. The Morgan fingerprint density at radius 1 is 0.944 bits per heavy atom. The van der Waals surface area contributed by atoms with Gasteiger partial charge in [0.25, 0.3) is 5.91 Å². The molecule has 2 aromatic carbocycles. The highest BCUT2D eigenvalue weighted by atomic mass is 32.1. The number of amides is 2. The molecule has 5 rings (SSSR count). The molecule has 5 aromatic rings. The summed E-state index contributed by atoms with van der Waals surface area (Å²) >= 11 is 1.29. The Balaban J connectivity index is 1.24. The number of anilines is 1. The van der Waals surface area contributed by atoms with Crippen molar-refractivity contribution < 1.29 is 18.4 Å². The fourth-order valence-electron chi connectivity index (χ4n) is 3.46. The van der Waals surface area contributed by atoms with E-state index in [4.69, 9.17) is 8.83 Å². The molecule has 0 spiro atoms. The molecule has 2 N–H and O–H groups in total. The number of thiazole rings is 1. The second-order valence-corrected chi connectivity index (χ2v) is 8.83. The molecule has 0 atom stereocenters. The Morgan fingerprint density at radius 2 is 1.72 bits per heavy atom. The van der Waals surface area contributed by atoms with Crippen LogP contribution in [0.4, 0.5) is 5.13 Å². The average Bonchev–Trinajstić information content (AvgIpc) is 3.64. The van der Waals surface area contributed by atoms with E-state index < -0.39 is 0 Å². The summed E-state index contributed by atoms with van der Waals surface area (Å²) in [6, 6.07) is 18.2. The van der Waals surface area contributed by atoms with Crippen LogP contribution in [0.15, 0.2) is 74.9 Å². The van der Waals surface area contributed by atoms with Crippen LogP contribution in [0.1, 0.15) is 28.6 Å². The van der Waals surface area contributed by atoms with Gasteiger partial charge in [-0.1, -0.05) is 18.2 Å². The molecular weight excluding hydrogens is 478 g/mol. The molecule has 36 heavy (non-hydrogen) atoms. The molecule has 0 radical (unpaired) electrons. The average molecular weight is 500 g/mol. The van der Waals surface area contributed by atoms with Gasteiger partial charge < -0.3 is 14.2 Å². The van der Waals surface area contributed by atoms with Crippen molar-refractivity contribution in [1.82, 2.24) is 20.5 Å².